The Balaban J connectivity index is 2.12. The molecule has 1 saturated carbocycles. The quantitative estimate of drug-likeness (QED) is 0.594. The van der Waals surface area contributed by atoms with Crippen LogP contribution in [0.3, 0.4) is 0 Å². The molecule has 1 fully saturated rings. The fraction of sp³-hybridized carbons (Fsp3) is 0.923. The molecule has 0 aromatic carbocycles. The van der Waals surface area contributed by atoms with Gasteiger partial charge in [-0.15, -0.1) is 0 Å². The summed E-state index contributed by atoms with van der Waals surface area (Å²) in [5.41, 5.74) is 0. The van der Waals surface area contributed by atoms with Crippen molar-refractivity contribution in [1.29, 1.82) is 0 Å². The van der Waals surface area contributed by atoms with Crippen LogP contribution in [-0.4, -0.2) is 56.5 Å². The summed E-state index contributed by atoms with van der Waals surface area (Å²) in [5.74, 6) is 0.115. The molecule has 0 aromatic heterocycles. The van der Waals surface area contributed by atoms with Crippen molar-refractivity contribution in [2.24, 2.45) is 0 Å². The van der Waals surface area contributed by atoms with E-state index in [0.29, 0.717) is 25.8 Å². The van der Waals surface area contributed by atoms with Gasteiger partial charge in [0.05, 0.1) is 6.54 Å². The molecule has 0 aliphatic heterocycles. The Morgan fingerprint density at radius 3 is 2.44 bits per heavy atom. The molecule has 0 spiro atoms. The van der Waals surface area contributed by atoms with Crippen LogP contribution in [0.2, 0.25) is 0 Å². The first kappa shape index (κ1) is 15.4. The van der Waals surface area contributed by atoms with E-state index in [1.807, 2.05) is 25.8 Å². The standard InChI is InChI=1S/C13H26N2O3/c1-4-17-13(18-5-2)8-9-15(3)10-12(16)14-11-6-7-11/h11,13H,4-10H2,1-3H3,(H,14,16). The molecule has 0 heterocycles. The summed E-state index contributed by atoms with van der Waals surface area (Å²) < 4.78 is 10.9. The van der Waals surface area contributed by atoms with Gasteiger partial charge in [-0.25, -0.2) is 0 Å². The summed E-state index contributed by atoms with van der Waals surface area (Å²) in [6.07, 6.45) is 2.89. The van der Waals surface area contributed by atoms with E-state index >= 15 is 0 Å². The van der Waals surface area contributed by atoms with Crippen LogP contribution in [0.1, 0.15) is 33.1 Å². The van der Waals surface area contributed by atoms with Crippen LogP contribution in [0, 0.1) is 0 Å². The van der Waals surface area contributed by atoms with Crippen molar-refractivity contribution in [3.63, 3.8) is 0 Å². The van der Waals surface area contributed by atoms with Crippen molar-refractivity contribution in [1.82, 2.24) is 10.2 Å². The number of amides is 1. The maximum atomic E-state index is 11.6. The Morgan fingerprint density at radius 1 is 1.33 bits per heavy atom. The number of hydrogen-bond donors (Lipinski definition) is 1. The van der Waals surface area contributed by atoms with E-state index in [0.717, 1.165) is 25.8 Å². The topological polar surface area (TPSA) is 50.8 Å². The summed E-state index contributed by atoms with van der Waals surface area (Å²) >= 11 is 0. The van der Waals surface area contributed by atoms with Crippen molar-refractivity contribution < 1.29 is 14.3 Å². The molecule has 0 saturated heterocycles. The molecule has 5 nitrogen and oxygen atoms in total. The second kappa shape index (κ2) is 8.45. The zero-order valence-corrected chi connectivity index (χ0v) is 11.8. The van der Waals surface area contributed by atoms with E-state index in [2.05, 4.69) is 5.32 Å². The van der Waals surface area contributed by atoms with Crippen LogP contribution in [0.5, 0.6) is 0 Å². The molecule has 1 aliphatic carbocycles. The number of rotatable bonds is 10. The van der Waals surface area contributed by atoms with Gasteiger partial charge in [0, 0.05) is 32.2 Å². The normalized spacial score (nSPS) is 15.4. The highest BCUT2D eigenvalue weighted by Gasteiger charge is 2.23. The van der Waals surface area contributed by atoms with Gasteiger partial charge in [0.25, 0.3) is 0 Å². The van der Waals surface area contributed by atoms with E-state index in [-0.39, 0.29) is 12.2 Å². The van der Waals surface area contributed by atoms with Gasteiger partial charge in [-0.1, -0.05) is 0 Å². The second-order valence-electron chi connectivity index (χ2n) is 4.71. The summed E-state index contributed by atoms with van der Waals surface area (Å²) in [6, 6.07) is 0.436. The summed E-state index contributed by atoms with van der Waals surface area (Å²) in [5, 5.41) is 2.98. The minimum Gasteiger partial charge on any atom is -0.353 e. The van der Waals surface area contributed by atoms with Crippen LogP contribution < -0.4 is 5.32 Å². The number of ether oxygens (including phenoxy) is 2. The fourth-order valence-electron chi connectivity index (χ4n) is 1.74. The van der Waals surface area contributed by atoms with E-state index in [9.17, 15) is 4.79 Å². The molecule has 0 radical (unpaired) electrons. The van der Waals surface area contributed by atoms with Gasteiger partial charge in [0.15, 0.2) is 6.29 Å². The lowest BCUT2D eigenvalue weighted by Crippen LogP contribution is -2.37. The van der Waals surface area contributed by atoms with Gasteiger partial charge < -0.3 is 14.8 Å². The highest BCUT2D eigenvalue weighted by molar-refractivity contribution is 5.78. The average molecular weight is 258 g/mol. The molecule has 1 N–H and O–H groups in total. The molecule has 106 valence electrons. The van der Waals surface area contributed by atoms with Gasteiger partial charge in [0.1, 0.15) is 0 Å². The van der Waals surface area contributed by atoms with Crippen LogP contribution >= 0.6 is 0 Å². The third kappa shape index (κ3) is 6.93. The highest BCUT2D eigenvalue weighted by atomic mass is 16.7. The summed E-state index contributed by atoms with van der Waals surface area (Å²) in [6.45, 7) is 6.45. The van der Waals surface area contributed by atoms with Gasteiger partial charge in [-0.2, -0.15) is 0 Å². The number of nitrogens with zero attached hydrogens (tertiary/aromatic N) is 1. The monoisotopic (exact) mass is 258 g/mol. The van der Waals surface area contributed by atoms with Crippen molar-refractivity contribution in [2.45, 2.75) is 45.4 Å². The second-order valence-corrected chi connectivity index (χ2v) is 4.71. The first-order valence-corrected chi connectivity index (χ1v) is 6.86. The molecule has 0 aromatic rings. The molecular formula is C13H26N2O3. The lowest BCUT2D eigenvalue weighted by atomic mass is 10.3. The Labute approximate surface area is 110 Å². The lowest BCUT2D eigenvalue weighted by Gasteiger charge is -2.21. The first-order valence-electron chi connectivity index (χ1n) is 6.86. The van der Waals surface area contributed by atoms with Crippen LogP contribution in [0.25, 0.3) is 0 Å². The van der Waals surface area contributed by atoms with E-state index < -0.39 is 0 Å². The number of nitrogens with one attached hydrogen (secondary N) is 1. The Bertz CT molecular complexity index is 238. The summed E-state index contributed by atoms with van der Waals surface area (Å²) in [7, 11) is 1.95. The molecule has 1 amide bonds. The molecular weight excluding hydrogens is 232 g/mol. The number of likely N-dealkylation sites (N-methyl/N-ethyl adjacent to an activating group) is 1. The maximum Gasteiger partial charge on any atom is 0.234 e. The highest BCUT2D eigenvalue weighted by Crippen LogP contribution is 2.18. The minimum absolute atomic E-state index is 0.115. The zero-order valence-electron chi connectivity index (χ0n) is 11.8. The van der Waals surface area contributed by atoms with Crippen LogP contribution in [0.15, 0.2) is 0 Å². The molecule has 1 rings (SSSR count). The molecule has 5 heteroatoms. The zero-order chi connectivity index (χ0) is 13.4. The molecule has 0 bridgehead atoms. The number of carbonyl (C=O) groups excluding carboxylic acids is 1. The third-order valence-electron chi connectivity index (χ3n) is 2.81. The van der Waals surface area contributed by atoms with E-state index in [4.69, 9.17) is 9.47 Å². The summed E-state index contributed by atoms with van der Waals surface area (Å²) in [4.78, 5) is 13.6. The fourth-order valence-corrected chi connectivity index (χ4v) is 1.74. The molecule has 1 aliphatic rings. The molecule has 0 unspecified atom stereocenters. The SMILES string of the molecule is CCOC(CCN(C)CC(=O)NC1CC1)OCC. The number of hydrogen-bond acceptors (Lipinski definition) is 4. The van der Waals surface area contributed by atoms with Crippen molar-refractivity contribution >= 4 is 5.91 Å². The van der Waals surface area contributed by atoms with Gasteiger partial charge in [-0.3, -0.25) is 9.69 Å². The molecule has 0 atom stereocenters. The first-order chi connectivity index (χ1) is 8.65. The lowest BCUT2D eigenvalue weighted by molar-refractivity contribution is -0.142. The Kier molecular flexibility index (Phi) is 7.23. The van der Waals surface area contributed by atoms with Gasteiger partial charge in [-0.05, 0) is 33.7 Å². The third-order valence-corrected chi connectivity index (χ3v) is 2.81. The van der Waals surface area contributed by atoms with Crippen molar-refractivity contribution in [3.8, 4) is 0 Å². The maximum absolute atomic E-state index is 11.6. The predicted molar refractivity (Wildman–Crippen MR) is 70.3 cm³/mol. The average Bonchev–Trinajstić information content (AvgIpc) is 3.10. The van der Waals surface area contributed by atoms with Crippen molar-refractivity contribution in [3.05, 3.63) is 0 Å². The van der Waals surface area contributed by atoms with Crippen LogP contribution in [0.4, 0.5) is 0 Å². The predicted octanol–water partition coefficient (Wildman–Crippen LogP) is 0.986. The van der Waals surface area contributed by atoms with Gasteiger partial charge >= 0.3 is 0 Å². The smallest absolute Gasteiger partial charge is 0.234 e. The van der Waals surface area contributed by atoms with Gasteiger partial charge in [0.2, 0.25) is 5.91 Å². The van der Waals surface area contributed by atoms with Crippen molar-refractivity contribution in [2.75, 3.05) is 33.4 Å². The minimum atomic E-state index is -0.158. The molecule has 18 heavy (non-hydrogen) atoms. The Morgan fingerprint density at radius 2 is 1.94 bits per heavy atom. The Hall–Kier alpha value is -0.650. The largest absolute Gasteiger partial charge is 0.353 e. The number of carbonyl (C=O) groups is 1. The van der Waals surface area contributed by atoms with E-state index in [1.165, 1.54) is 0 Å². The van der Waals surface area contributed by atoms with E-state index in [1.54, 1.807) is 0 Å². The van der Waals surface area contributed by atoms with Crippen LogP contribution in [-0.2, 0) is 14.3 Å².